The Balaban J connectivity index is 0.000000190. The van der Waals surface area contributed by atoms with E-state index in [4.69, 9.17) is 42.6 Å². The number of rotatable bonds is 11. The van der Waals surface area contributed by atoms with E-state index in [1.54, 1.807) is 27.7 Å². The number of ether oxygens (including phenoxy) is 9. The molecule has 6 heterocycles. The third-order valence-corrected chi connectivity index (χ3v) is 10.2. The number of hydrogen-bond acceptors (Lipinski definition) is 16. The van der Waals surface area contributed by atoms with Crippen LogP contribution in [0, 0.1) is 28.6 Å². The van der Waals surface area contributed by atoms with E-state index in [1.165, 1.54) is 7.11 Å². The van der Waals surface area contributed by atoms with Crippen molar-refractivity contribution in [1.82, 2.24) is 0 Å². The molecular formula is C32H42O16. The predicted octanol–water partition coefficient (Wildman–Crippen LogP) is 0.580. The Bertz CT molecular complexity index is 1350. The summed E-state index contributed by atoms with van der Waals surface area (Å²) < 4.78 is 47.0. The molecule has 0 radical (unpaired) electrons. The van der Waals surface area contributed by atoms with E-state index in [2.05, 4.69) is 0 Å². The summed E-state index contributed by atoms with van der Waals surface area (Å²) in [6.45, 7) is 9.63. The quantitative estimate of drug-likeness (QED) is 0.216. The number of carbonyl (C=O) groups excluding carboxylic acids is 7. The molecule has 6 aliphatic heterocycles. The van der Waals surface area contributed by atoms with E-state index in [0.29, 0.717) is 19.3 Å². The summed E-state index contributed by atoms with van der Waals surface area (Å²) in [7, 11) is 1.21. The number of fused-ring (bicyclic) bond motifs is 2. The summed E-state index contributed by atoms with van der Waals surface area (Å²) in [5.74, 6) is -5.71. The predicted molar refractivity (Wildman–Crippen MR) is 154 cm³/mol. The first-order valence-corrected chi connectivity index (χ1v) is 16.1. The van der Waals surface area contributed by atoms with Gasteiger partial charge < -0.3 is 42.6 Å². The molecule has 0 aliphatic carbocycles. The summed E-state index contributed by atoms with van der Waals surface area (Å²) in [6.07, 6.45) is -3.21. The maximum absolute atomic E-state index is 12.1. The smallest absolute Gasteiger partial charge is 0.344 e. The van der Waals surface area contributed by atoms with Crippen LogP contribution in [0.1, 0.15) is 60.8 Å². The van der Waals surface area contributed by atoms with Crippen LogP contribution in [-0.2, 0) is 76.2 Å². The number of esters is 7. The molecule has 0 aromatic carbocycles. The lowest BCUT2D eigenvalue weighted by molar-refractivity contribution is -0.173. The van der Waals surface area contributed by atoms with E-state index in [1.807, 2.05) is 13.8 Å². The van der Waals surface area contributed by atoms with Crippen molar-refractivity contribution in [2.45, 2.75) is 110 Å². The molecule has 6 aliphatic rings. The van der Waals surface area contributed by atoms with Crippen LogP contribution in [0.3, 0.4) is 0 Å². The molecule has 0 amide bonds. The van der Waals surface area contributed by atoms with Crippen molar-refractivity contribution in [3.63, 3.8) is 0 Å². The average Bonchev–Trinajstić information content (AvgIpc) is 3.87. The van der Waals surface area contributed by atoms with Gasteiger partial charge in [-0.2, -0.15) is 0 Å². The molecule has 0 N–H and O–H groups in total. The maximum atomic E-state index is 12.1. The third kappa shape index (κ3) is 6.35. The van der Waals surface area contributed by atoms with Gasteiger partial charge in [0.05, 0.1) is 30.0 Å². The highest BCUT2D eigenvalue weighted by molar-refractivity contribution is 5.87. The molecule has 266 valence electrons. The van der Waals surface area contributed by atoms with E-state index in [0.717, 1.165) is 0 Å². The van der Waals surface area contributed by atoms with Crippen molar-refractivity contribution in [3.8, 4) is 0 Å². The molecule has 16 nitrogen and oxygen atoms in total. The largest absolute Gasteiger partial charge is 0.469 e. The monoisotopic (exact) mass is 682 g/mol. The third-order valence-electron chi connectivity index (χ3n) is 10.2. The second-order valence-electron chi connectivity index (χ2n) is 14.0. The molecule has 11 unspecified atom stereocenters. The van der Waals surface area contributed by atoms with Gasteiger partial charge in [-0.15, -0.1) is 0 Å². The Kier molecular flexibility index (Phi) is 9.81. The van der Waals surface area contributed by atoms with Crippen LogP contribution in [0.15, 0.2) is 0 Å². The first-order valence-electron chi connectivity index (χ1n) is 16.1. The minimum absolute atomic E-state index is 0.229. The van der Waals surface area contributed by atoms with Crippen molar-refractivity contribution in [2.75, 3.05) is 20.3 Å². The van der Waals surface area contributed by atoms with Crippen LogP contribution in [0.4, 0.5) is 0 Å². The standard InChI is InChI=1S/C17H22O9.C15H20O7/c1-5-17(2,3)16(21)23-6-7(18)24-12-10-8(14(19)22-4)9-11(25-10)13(12)26-15(9)20;1-4-15(2,3)14(18)19-6-9(16)21-11-8-5-7-10(20-8)12(11)22-13(7)17/h8-13H,5-6H2,1-4H3;7-8,10-12H,4-6H2,1-3H3. The Hall–Kier alpha value is -3.79. The van der Waals surface area contributed by atoms with Gasteiger partial charge in [-0.1, -0.05) is 13.8 Å². The topological polar surface area (TPSA) is 203 Å². The molecule has 6 fully saturated rings. The molecule has 0 saturated carbocycles. The van der Waals surface area contributed by atoms with Gasteiger partial charge in [0.1, 0.15) is 30.1 Å². The summed E-state index contributed by atoms with van der Waals surface area (Å²) in [5.41, 5.74) is -1.34. The highest BCUT2D eigenvalue weighted by Gasteiger charge is 2.72. The highest BCUT2D eigenvalue weighted by atomic mass is 16.7. The first kappa shape index (κ1) is 35.5. The van der Waals surface area contributed by atoms with Crippen LogP contribution in [0.25, 0.3) is 0 Å². The van der Waals surface area contributed by atoms with Gasteiger partial charge in [0.25, 0.3) is 0 Å². The molecule has 0 spiro atoms. The summed E-state index contributed by atoms with van der Waals surface area (Å²) in [5, 5.41) is 0. The summed E-state index contributed by atoms with van der Waals surface area (Å²) >= 11 is 0. The molecule has 4 bridgehead atoms. The zero-order chi connectivity index (χ0) is 35.3. The molecule has 48 heavy (non-hydrogen) atoms. The van der Waals surface area contributed by atoms with Crippen LogP contribution in [0.5, 0.6) is 0 Å². The lowest BCUT2D eigenvalue weighted by Crippen LogP contribution is -2.48. The molecule has 16 heteroatoms. The van der Waals surface area contributed by atoms with E-state index >= 15 is 0 Å². The SMILES string of the molecule is CCC(C)(C)C(=O)OCC(=O)OC1C2CC3C(=O)OC1C3O2.CCC(C)(C)C(=O)OCC(=O)OC1C2OC(=O)C3C2OC1C3C(=O)OC. The second-order valence-corrected chi connectivity index (χ2v) is 14.0. The zero-order valence-electron chi connectivity index (χ0n) is 27.9. The Morgan fingerprint density at radius 1 is 0.708 bits per heavy atom. The van der Waals surface area contributed by atoms with Gasteiger partial charge >= 0.3 is 41.8 Å². The van der Waals surface area contributed by atoms with Crippen molar-refractivity contribution in [1.29, 1.82) is 0 Å². The average molecular weight is 683 g/mol. The second kappa shape index (κ2) is 13.3. The number of methoxy groups -OCH3 is 1. The van der Waals surface area contributed by atoms with E-state index < -0.39 is 108 Å². The Labute approximate surface area is 276 Å². The molecule has 11 atom stereocenters. The number of carbonyl (C=O) groups is 7. The molecule has 6 saturated heterocycles. The van der Waals surface area contributed by atoms with Crippen molar-refractivity contribution in [3.05, 3.63) is 0 Å². The molecule has 0 aromatic heterocycles. The molecule has 0 aromatic rings. The maximum Gasteiger partial charge on any atom is 0.344 e. The van der Waals surface area contributed by atoms with Crippen LogP contribution in [-0.4, -0.2) is 111 Å². The Morgan fingerprint density at radius 3 is 1.77 bits per heavy atom. The van der Waals surface area contributed by atoms with E-state index in [9.17, 15) is 33.6 Å². The van der Waals surface area contributed by atoms with Gasteiger partial charge in [0.15, 0.2) is 37.6 Å². The fraction of sp³-hybridized carbons (Fsp3) is 0.781. The van der Waals surface area contributed by atoms with Gasteiger partial charge in [0, 0.05) is 0 Å². The van der Waals surface area contributed by atoms with Gasteiger partial charge in [-0.25, -0.2) is 9.59 Å². The van der Waals surface area contributed by atoms with Crippen molar-refractivity contribution < 1.29 is 76.2 Å². The lowest BCUT2D eigenvalue weighted by Gasteiger charge is -2.27. The van der Waals surface area contributed by atoms with Gasteiger partial charge in [0.2, 0.25) is 0 Å². The van der Waals surface area contributed by atoms with Crippen molar-refractivity contribution in [2.24, 2.45) is 28.6 Å². The molecular weight excluding hydrogens is 640 g/mol. The van der Waals surface area contributed by atoms with E-state index in [-0.39, 0.29) is 24.1 Å². The van der Waals surface area contributed by atoms with Gasteiger partial charge in [-0.3, -0.25) is 24.0 Å². The fourth-order valence-electron chi connectivity index (χ4n) is 6.56. The molecule has 6 rings (SSSR count). The van der Waals surface area contributed by atoms with Crippen molar-refractivity contribution >= 4 is 41.8 Å². The zero-order valence-corrected chi connectivity index (χ0v) is 27.9. The minimum atomic E-state index is -0.933. The lowest BCUT2D eigenvalue weighted by atomic mass is 9.78. The van der Waals surface area contributed by atoms with Crippen LogP contribution in [0.2, 0.25) is 0 Å². The number of hydrogen-bond donors (Lipinski definition) is 0. The van der Waals surface area contributed by atoms with Crippen LogP contribution >= 0.6 is 0 Å². The normalized spacial score (nSPS) is 34.9. The fourth-order valence-corrected chi connectivity index (χ4v) is 6.56. The Morgan fingerprint density at radius 2 is 1.23 bits per heavy atom. The van der Waals surface area contributed by atoms with Crippen LogP contribution < -0.4 is 0 Å². The first-order chi connectivity index (χ1) is 22.5. The highest BCUT2D eigenvalue weighted by Crippen LogP contribution is 2.51. The minimum Gasteiger partial charge on any atom is -0.469 e. The summed E-state index contributed by atoms with van der Waals surface area (Å²) in [6, 6.07) is 0. The van der Waals surface area contributed by atoms with Gasteiger partial charge in [-0.05, 0) is 47.0 Å². The summed E-state index contributed by atoms with van der Waals surface area (Å²) in [4.78, 5) is 83.3.